The summed E-state index contributed by atoms with van der Waals surface area (Å²) >= 11 is 0. The number of hydrogen-bond acceptors (Lipinski definition) is 3. The Labute approximate surface area is 106 Å². The van der Waals surface area contributed by atoms with Crippen molar-refractivity contribution < 1.29 is 13.2 Å². The molecule has 2 rings (SSSR count). The summed E-state index contributed by atoms with van der Waals surface area (Å²) in [5.41, 5.74) is 1.16. The molecule has 0 N–H and O–H groups in total. The quantitative estimate of drug-likeness (QED) is 0.797. The number of carbonyl (C=O) groups excluding carboxylic acids is 1. The van der Waals surface area contributed by atoms with Gasteiger partial charge in [0.2, 0.25) is 9.84 Å². The number of aldehydes is 1. The van der Waals surface area contributed by atoms with Gasteiger partial charge >= 0.3 is 0 Å². The molecule has 3 nitrogen and oxygen atoms in total. The molecule has 0 aromatic heterocycles. The van der Waals surface area contributed by atoms with Gasteiger partial charge in [0, 0.05) is 5.56 Å². The second-order valence-corrected chi connectivity index (χ2v) is 5.89. The molecular weight excluding hydrogens is 248 g/mol. The maximum absolute atomic E-state index is 12.4. The predicted molar refractivity (Wildman–Crippen MR) is 68.5 cm³/mol. The zero-order valence-electron chi connectivity index (χ0n) is 9.83. The predicted octanol–water partition coefficient (Wildman–Crippen LogP) is 2.64. The lowest BCUT2D eigenvalue weighted by Gasteiger charge is -2.07. The Kier molecular flexibility index (Phi) is 3.30. The molecule has 0 heterocycles. The number of aryl methyl sites for hydroxylation is 1. The first-order valence-corrected chi connectivity index (χ1v) is 6.90. The normalized spacial score (nSPS) is 11.2. The Morgan fingerprint density at radius 2 is 1.56 bits per heavy atom. The molecule has 0 unspecified atom stereocenters. The number of carbonyl (C=O) groups is 1. The van der Waals surface area contributed by atoms with Crippen LogP contribution >= 0.6 is 0 Å². The fraction of sp³-hybridized carbons (Fsp3) is 0.0714. The molecule has 4 heteroatoms. The summed E-state index contributed by atoms with van der Waals surface area (Å²) in [4.78, 5) is 11.1. The van der Waals surface area contributed by atoms with Crippen molar-refractivity contribution in [3.8, 4) is 0 Å². The Morgan fingerprint density at radius 3 is 2.17 bits per heavy atom. The first-order valence-electron chi connectivity index (χ1n) is 5.41. The van der Waals surface area contributed by atoms with Crippen LogP contribution in [0.2, 0.25) is 0 Å². The van der Waals surface area contributed by atoms with Crippen LogP contribution in [0.15, 0.2) is 58.3 Å². The molecule has 92 valence electrons. The highest BCUT2D eigenvalue weighted by Crippen LogP contribution is 2.23. The summed E-state index contributed by atoms with van der Waals surface area (Å²) in [5, 5.41) is 0. The van der Waals surface area contributed by atoms with Gasteiger partial charge in [-0.05, 0) is 25.1 Å². The van der Waals surface area contributed by atoms with Crippen molar-refractivity contribution >= 4 is 16.1 Å². The highest BCUT2D eigenvalue weighted by Gasteiger charge is 2.20. The van der Waals surface area contributed by atoms with E-state index < -0.39 is 9.84 Å². The minimum atomic E-state index is -3.63. The van der Waals surface area contributed by atoms with Gasteiger partial charge in [0.15, 0.2) is 6.29 Å². The molecule has 0 saturated heterocycles. The van der Waals surface area contributed by atoms with Gasteiger partial charge in [-0.15, -0.1) is 0 Å². The third kappa shape index (κ3) is 2.19. The van der Waals surface area contributed by atoms with Crippen LogP contribution in [0.5, 0.6) is 0 Å². The third-order valence-corrected chi connectivity index (χ3v) is 4.51. The molecular formula is C14H12O3S. The van der Waals surface area contributed by atoms with Gasteiger partial charge in [-0.1, -0.05) is 35.9 Å². The highest BCUT2D eigenvalue weighted by molar-refractivity contribution is 7.91. The Morgan fingerprint density at radius 1 is 0.944 bits per heavy atom. The van der Waals surface area contributed by atoms with E-state index in [1.165, 1.54) is 12.1 Å². The van der Waals surface area contributed by atoms with Crippen molar-refractivity contribution in [2.75, 3.05) is 0 Å². The summed E-state index contributed by atoms with van der Waals surface area (Å²) in [6, 6.07) is 12.7. The Balaban J connectivity index is 2.61. The third-order valence-electron chi connectivity index (χ3n) is 2.67. The van der Waals surface area contributed by atoms with Crippen molar-refractivity contribution in [3.63, 3.8) is 0 Å². The Bertz CT molecular complexity index is 670. The van der Waals surface area contributed by atoms with Gasteiger partial charge < -0.3 is 0 Å². The maximum Gasteiger partial charge on any atom is 0.207 e. The zero-order chi connectivity index (χ0) is 13.2. The van der Waals surface area contributed by atoms with Crippen molar-refractivity contribution in [3.05, 3.63) is 59.7 Å². The van der Waals surface area contributed by atoms with Gasteiger partial charge in [0.25, 0.3) is 0 Å². The summed E-state index contributed by atoms with van der Waals surface area (Å²) in [6.07, 6.45) is 0.557. The first kappa shape index (κ1) is 12.5. The maximum atomic E-state index is 12.4. The lowest BCUT2D eigenvalue weighted by atomic mass is 10.2. The molecule has 0 radical (unpaired) electrons. The van der Waals surface area contributed by atoms with Crippen LogP contribution in [0.1, 0.15) is 15.9 Å². The average Bonchev–Trinajstić information content (AvgIpc) is 2.39. The summed E-state index contributed by atoms with van der Waals surface area (Å²) in [7, 11) is -3.63. The SMILES string of the molecule is Cc1ccc(S(=O)(=O)c2ccccc2C=O)cc1. The van der Waals surface area contributed by atoms with E-state index >= 15 is 0 Å². The van der Waals surface area contributed by atoms with Crippen LogP contribution in [0.4, 0.5) is 0 Å². The van der Waals surface area contributed by atoms with E-state index in [2.05, 4.69) is 0 Å². The van der Waals surface area contributed by atoms with Gasteiger partial charge in [0.05, 0.1) is 9.79 Å². The first-order chi connectivity index (χ1) is 8.55. The fourth-order valence-corrected chi connectivity index (χ4v) is 3.10. The topological polar surface area (TPSA) is 51.2 Å². The van der Waals surface area contributed by atoms with Crippen LogP contribution in [-0.2, 0) is 9.84 Å². The molecule has 0 saturated carbocycles. The standard InChI is InChI=1S/C14H12O3S/c1-11-6-8-13(9-7-11)18(16,17)14-5-3-2-4-12(14)10-15/h2-10H,1H3. The molecule has 18 heavy (non-hydrogen) atoms. The molecule has 0 bridgehead atoms. The lowest BCUT2D eigenvalue weighted by molar-refractivity contribution is 0.112. The van der Waals surface area contributed by atoms with Crippen molar-refractivity contribution in [1.29, 1.82) is 0 Å². The van der Waals surface area contributed by atoms with Gasteiger partial charge in [-0.2, -0.15) is 0 Å². The van der Waals surface area contributed by atoms with Crippen molar-refractivity contribution in [1.82, 2.24) is 0 Å². The van der Waals surface area contributed by atoms with Crippen molar-refractivity contribution in [2.45, 2.75) is 16.7 Å². The molecule has 2 aromatic carbocycles. The molecule has 0 amide bonds. The monoisotopic (exact) mass is 260 g/mol. The van der Waals surface area contributed by atoms with Crippen LogP contribution < -0.4 is 0 Å². The number of benzene rings is 2. The van der Waals surface area contributed by atoms with Crippen LogP contribution in [0.25, 0.3) is 0 Å². The van der Waals surface area contributed by atoms with Crippen LogP contribution in [0.3, 0.4) is 0 Å². The molecule has 0 aliphatic carbocycles. The fourth-order valence-electron chi connectivity index (χ4n) is 1.67. The van der Waals surface area contributed by atoms with Crippen LogP contribution in [-0.4, -0.2) is 14.7 Å². The van der Waals surface area contributed by atoms with Crippen molar-refractivity contribution in [2.24, 2.45) is 0 Å². The number of rotatable bonds is 3. The van der Waals surface area contributed by atoms with E-state index in [4.69, 9.17) is 0 Å². The Hall–Kier alpha value is -1.94. The van der Waals surface area contributed by atoms with Crippen LogP contribution in [0, 0.1) is 6.92 Å². The van der Waals surface area contributed by atoms with E-state index in [1.54, 1.807) is 36.4 Å². The highest BCUT2D eigenvalue weighted by atomic mass is 32.2. The average molecular weight is 260 g/mol. The zero-order valence-corrected chi connectivity index (χ0v) is 10.6. The summed E-state index contributed by atoms with van der Waals surface area (Å²) < 4.78 is 24.7. The number of hydrogen-bond donors (Lipinski definition) is 0. The van der Waals surface area contributed by atoms with E-state index in [0.717, 1.165) is 5.56 Å². The second kappa shape index (κ2) is 4.74. The molecule has 0 aliphatic rings. The van der Waals surface area contributed by atoms with Gasteiger partial charge in [0.1, 0.15) is 0 Å². The summed E-state index contributed by atoms with van der Waals surface area (Å²) in [6.45, 7) is 1.88. The minimum absolute atomic E-state index is 0.0452. The molecule has 0 atom stereocenters. The van der Waals surface area contributed by atoms with Gasteiger partial charge in [-0.3, -0.25) is 4.79 Å². The molecule has 0 aliphatic heterocycles. The molecule has 0 fully saturated rings. The molecule has 0 spiro atoms. The van der Waals surface area contributed by atoms with E-state index in [1.807, 2.05) is 6.92 Å². The molecule has 2 aromatic rings. The van der Waals surface area contributed by atoms with Gasteiger partial charge in [-0.25, -0.2) is 8.42 Å². The number of sulfone groups is 1. The summed E-state index contributed by atoms with van der Waals surface area (Å²) in [5.74, 6) is 0. The second-order valence-electron chi connectivity index (χ2n) is 3.97. The largest absolute Gasteiger partial charge is 0.298 e. The smallest absolute Gasteiger partial charge is 0.207 e. The lowest BCUT2D eigenvalue weighted by Crippen LogP contribution is -2.05. The van der Waals surface area contributed by atoms with E-state index in [-0.39, 0.29) is 15.4 Å². The van der Waals surface area contributed by atoms with E-state index in [0.29, 0.717) is 6.29 Å². The minimum Gasteiger partial charge on any atom is -0.298 e. The van der Waals surface area contributed by atoms with E-state index in [9.17, 15) is 13.2 Å².